The van der Waals surface area contributed by atoms with Gasteiger partial charge < -0.3 is 18.9 Å². The highest BCUT2D eigenvalue weighted by molar-refractivity contribution is 6.19. The van der Waals surface area contributed by atoms with Gasteiger partial charge in [-0.3, -0.25) is 0 Å². The normalized spacial score (nSPS) is 19.4. The molecule has 0 aromatic heterocycles. The van der Waals surface area contributed by atoms with Gasteiger partial charge in [-0.25, -0.2) is 4.79 Å². The largest absolute Gasteiger partial charge is 0.495 e. The van der Waals surface area contributed by atoms with Crippen LogP contribution in [0.15, 0.2) is 28.5 Å². The summed E-state index contributed by atoms with van der Waals surface area (Å²) in [6.45, 7) is 0. The van der Waals surface area contributed by atoms with Crippen molar-refractivity contribution < 1.29 is 23.7 Å². The highest BCUT2D eigenvalue weighted by atomic mass is 35.5. The summed E-state index contributed by atoms with van der Waals surface area (Å²) in [5.74, 6) is -0.403. The van der Waals surface area contributed by atoms with Crippen molar-refractivity contribution in [3.05, 3.63) is 23.5 Å². The number of alkyl halides is 1. The van der Waals surface area contributed by atoms with Gasteiger partial charge in [-0.2, -0.15) is 4.99 Å². The van der Waals surface area contributed by atoms with Gasteiger partial charge in [0.15, 0.2) is 5.76 Å². The van der Waals surface area contributed by atoms with Gasteiger partial charge in [0.25, 0.3) is 0 Å². The van der Waals surface area contributed by atoms with Crippen molar-refractivity contribution in [2.24, 2.45) is 4.99 Å². The Morgan fingerprint density at radius 1 is 1.30 bits per heavy atom. The van der Waals surface area contributed by atoms with E-state index >= 15 is 0 Å². The predicted octanol–water partition coefficient (Wildman–Crippen LogP) is 2.28. The van der Waals surface area contributed by atoms with Crippen LogP contribution in [0.4, 0.5) is 4.79 Å². The lowest BCUT2D eigenvalue weighted by Gasteiger charge is -2.33. The second-order valence-electron chi connectivity index (χ2n) is 3.86. The summed E-state index contributed by atoms with van der Waals surface area (Å²) in [6.07, 6.45) is 3.07. The number of amides is 1. The third-order valence-corrected chi connectivity index (χ3v) is 3.07. The molecule has 0 spiro atoms. The van der Waals surface area contributed by atoms with Crippen LogP contribution in [0.3, 0.4) is 0 Å². The lowest BCUT2D eigenvalue weighted by molar-refractivity contribution is -0.166. The van der Waals surface area contributed by atoms with Gasteiger partial charge in [-0.05, 0) is 18.1 Å². The van der Waals surface area contributed by atoms with E-state index < -0.39 is 11.9 Å². The molecule has 0 unspecified atom stereocenters. The van der Waals surface area contributed by atoms with Crippen LogP contribution < -0.4 is 0 Å². The lowest BCUT2D eigenvalue weighted by atomic mass is 9.95. The maximum absolute atomic E-state index is 11.3. The molecule has 112 valence electrons. The highest BCUT2D eigenvalue weighted by Gasteiger charge is 2.38. The number of carbonyl (C=O) groups is 1. The number of ether oxygens (including phenoxy) is 4. The minimum absolute atomic E-state index is 0.367. The van der Waals surface area contributed by atoms with E-state index in [9.17, 15) is 4.79 Å². The summed E-state index contributed by atoms with van der Waals surface area (Å²) < 4.78 is 20.6. The number of hydrogen-bond donors (Lipinski definition) is 0. The first-order valence-electron chi connectivity index (χ1n) is 5.88. The molecular weight excluding hydrogens is 286 g/mol. The van der Waals surface area contributed by atoms with Gasteiger partial charge in [-0.15, -0.1) is 11.6 Å². The Kier molecular flexibility index (Phi) is 6.19. The van der Waals surface area contributed by atoms with Gasteiger partial charge in [-0.1, -0.05) is 0 Å². The second kappa shape index (κ2) is 7.42. The molecule has 1 aliphatic rings. The standard InChI is InChI=1S/C13H18ClNO5/c1-17-11-7-10(15-12(16)18-2)9(5-6-14)8-13(11,19-3)20-4/h7-8H,5-6H2,1-4H3/b15-10-. The number of allylic oxidation sites excluding steroid dienone is 2. The van der Waals surface area contributed by atoms with E-state index in [1.165, 1.54) is 28.4 Å². The monoisotopic (exact) mass is 303 g/mol. The van der Waals surface area contributed by atoms with E-state index in [-0.39, 0.29) is 0 Å². The van der Waals surface area contributed by atoms with Crippen molar-refractivity contribution in [2.75, 3.05) is 34.3 Å². The molecule has 6 nitrogen and oxygen atoms in total. The topological polar surface area (TPSA) is 66.4 Å². The predicted molar refractivity (Wildman–Crippen MR) is 75.1 cm³/mol. The van der Waals surface area contributed by atoms with Gasteiger partial charge in [0.2, 0.25) is 5.79 Å². The van der Waals surface area contributed by atoms with Crippen LogP contribution in [0.1, 0.15) is 6.42 Å². The number of methoxy groups -OCH3 is 4. The Hall–Kier alpha value is -1.37. The number of nitrogens with zero attached hydrogens (tertiary/aromatic N) is 1. The van der Waals surface area contributed by atoms with Crippen LogP contribution >= 0.6 is 11.6 Å². The Balaban J connectivity index is 3.30. The maximum atomic E-state index is 11.3. The zero-order valence-corrected chi connectivity index (χ0v) is 12.7. The number of hydrogen-bond acceptors (Lipinski definition) is 5. The van der Waals surface area contributed by atoms with Gasteiger partial charge in [0.05, 0.1) is 19.9 Å². The fourth-order valence-electron chi connectivity index (χ4n) is 1.85. The number of rotatable bonds is 5. The summed E-state index contributed by atoms with van der Waals surface area (Å²) >= 11 is 5.77. The van der Waals surface area contributed by atoms with Crippen molar-refractivity contribution in [1.82, 2.24) is 0 Å². The molecular formula is C13H18ClNO5. The summed E-state index contributed by atoms with van der Waals surface area (Å²) in [5.41, 5.74) is 1.13. The fraction of sp³-hybridized carbons (Fsp3) is 0.538. The molecule has 1 aliphatic carbocycles. The Bertz CT molecular complexity index is 452. The first-order chi connectivity index (χ1) is 9.56. The molecule has 0 saturated carbocycles. The summed E-state index contributed by atoms with van der Waals surface area (Å²) in [4.78, 5) is 15.2. The Morgan fingerprint density at radius 3 is 2.40 bits per heavy atom. The van der Waals surface area contributed by atoms with Gasteiger partial charge in [0.1, 0.15) is 0 Å². The molecule has 0 aromatic carbocycles. The van der Waals surface area contributed by atoms with Crippen molar-refractivity contribution in [1.29, 1.82) is 0 Å². The fourth-order valence-corrected chi connectivity index (χ4v) is 2.05. The molecule has 20 heavy (non-hydrogen) atoms. The SMILES string of the molecule is COC(=O)/N=C1/C=C(OC)C(OC)(OC)C=C1CCCl. The average Bonchev–Trinajstić information content (AvgIpc) is 2.48. The quantitative estimate of drug-likeness (QED) is 0.576. The summed E-state index contributed by atoms with van der Waals surface area (Å²) in [7, 11) is 5.73. The Labute approximate surface area is 123 Å². The zero-order valence-electron chi connectivity index (χ0n) is 11.9. The van der Waals surface area contributed by atoms with E-state index in [2.05, 4.69) is 9.73 Å². The van der Waals surface area contributed by atoms with Crippen LogP contribution in [-0.4, -0.2) is 51.9 Å². The molecule has 0 bridgehead atoms. The van der Waals surface area contributed by atoms with Gasteiger partial charge in [0, 0.05) is 26.2 Å². The third kappa shape index (κ3) is 3.39. The average molecular weight is 304 g/mol. The third-order valence-electron chi connectivity index (χ3n) is 2.88. The summed E-state index contributed by atoms with van der Waals surface area (Å²) in [5, 5.41) is 0. The molecule has 0 aliphatic heterocycles. The summed E-state index contributed by atoms with van der Waals surface area (Å²) in [6, 6.07) is 0. The molecule has 0 N–H and O–H groups in total. The molecule has 0 heterocycles. The van der Waals surface area contributed by atoms with Crippen molar-refractivity contribution in [2.45, 2.75) is 12.2 Å². The maximum Gasteiger partial charge on any atom is 0.433 e. The molecule has 0 saturated heterocycles. The van der Waals surface area contributed by atoms with E-state index in [1.807, 2.05) is 0 Å². The zero-order chi connectivity index (χ0) is 15.2. The minimum Gasteiger partial charge on any atom is -0.495 e. The first-order valence-corrected chi connectivity index (χ1v) is 6.41. The smallest absolute Gasteiger partial charge is 0.433 e. The molecule has 0 aromatic rings. The second-order valence-corrected chi connectivity index (χ2v) is 4.24. The van der Waals surface area contributed by atoms with Gasteiger partial charge >= 0.3 is 6.09 Å². The molecule has 7 heteroatoms. The molecule has 1 rings (SSSR count). The van der Waals surface area contributed by atoms with Crippen molar-refractivity contribution >= 4 is 23.4 Å². The van der Waals surface area contributed by atoms with E-state index in [1.54, 1.807) is 12.2 Å². The molecule has 0 radical (unpaired) electrons. The lowest BCUT2D eigenvalue weighted by Crippen LogP contribution is -2.38. The first kappa shape index (κ1) is 16.7. The minimum atomic E-state index is -1.15. The van der Waals surface area contributed by atoms with Crippen molar-refractivity contribution in [3.63, 3.8) is 0 Å². The van der Waals surface area contributed by atoms with Crippen LogP contribution in [0.25, 0.3) is 0 Å². The number of halogens is 1. The highest BCUT2D eigenvalue weighted by Crippen LogP contribution is 2.32. The molecule has 1 amide bonds. The van der Waals surface area contributed by atoms with Crippen LogP contribution in [-0.2, 0) is 18.9 Å². The molecule has 0 atom stereocenters. The van der Waals surface area contributed by atoms with E-state index in [0.717, 1.165) is 5.57 Å². The molecule has 0 fully saturated rings. The van der Waals surface area contributed by atoms with E-state index in [0.29, 0.717) is 23.8 Å². The van der Waals surface area contributed by atoms with Crippen LogP contribution in [0.2, 0.25) is 0 Å². The van der Waals surface area contributed by atoms with Crippen molar-refractivity contribution in [3.8, 4) is 0 Å². The van der Waals surface area contributed by atoms with Crippen LogP contribution in [0.5, 0.6) is 0 Å². The number of carbonyl (C=O) groups excluding carboxylic acids is 1. The van der Waals surface area contributed by atoms with E-state index in [4.69, 9.17) is 25.8 Å². The van der Waals surface area contributed by atoms with Crippen LogP contribution in [0, 0.1) is 0 Å². The number of aliphatic imine (C=N–C) groups is 1. The Morgan fingerprint density at radius 2 is 1.95 bits per heavy atom.